The standard InChI is InChI=1S/C24H26F3N3O3/c1-2-16-4-8-18(9-5-16)32-15-19-10-11-21(33-19)23(31)28-12-3-13-30-20(17-6-7-17)14-22(29-30)24(25,26)27/h4-5,8-11,14,17H,2-3,6-7,12-13,15H2,1H3,(H,28,31). The van der Waals surface area contributed by atoms with Gasteiger partial charge in [0.1, 0.15) is 18.1 Å². The van der Waals surface area contributed by atoms with E-state index in [9.17, 15) is 18.0 Å². The third-order valence-electron chi connectivity index (χ3n) is 5.53. The molecule has 33 heavy (non-hydrogen) atoms. The molecule has 0 atom stereocenters. The van der Waals surface area contributed by atoms with Crippen molar-refractivity contribution in [2.75, 3.05) is 6.54 Å². The lowest BCUT2D eigenvalue weighted by atomic mass is 10.2. The van der Waals surface area contributed by atoms with Gasteiger partial charge in [0.2, 0.25) is 0 Å². The highest BCUT2D eigenvalue weighted by Gasteiger charge is 2.37. The molecule has 1 amide bonds. The van der Waals surface area contributed by atoms with Crippen LogP contribution < -0.4 is 10.1 Å². The van der Waals surface area contributed by atoms with E-state index >= 15 is 0 Å². The van der Waals surface area contributed by atoms with Crippen molar-refractivity contribution in [2.24, 2.45) is 0 Å². The van der Waals surface area contributed by atoms with Crippen molar-refractivity contribution in [1.29, 1.82) is 0 Å². The fourth-order valence-electron chi connectivity index (χ4n) is 3.53. The second-order valence-corrected chi connectivity index (χ2v) is 8.11. The predicted octanol–water partition coefficient (Wildman–Crippen LogP) is 5.33. The summed E-state index contributed by atoms with van der Waals surface area (Å²) in [5.41, 5.74) is 0.977. The van der Waals surface area contributed by atoms with Crippen molar-refractivity contribution < 1.29 is 27.1 Å². The molecule has 2 aromatic heterocycles. The molecule has 2 heterocycles. The van der Waals surface area contributed by atoms with Crippen LogP contribution in [0.25, 0.3) is 0 Å². The maximum atomic E-state index is 13.0. The molecule has 1 N–H and O–H groups in total. The predicted molar refractivity (Wildman–Crippen MR) is 115 cm³/mol. The number of aryl methyl sites for hydroxylation is 2. The van der Waals surface area contributed by atoms with Gasteiger partial charge < -0.3 is 14.5 Å². The van der Waals surface area contributed by atoms with Crippen LogP contribution in [-0.2, 0) is 25.7 Å². The first-order valence-corrected chi connectivity index (χ1v) is 11.1. The monoisotopic (exact) mass is 461 g/mol. The smallest absolute Gasteiger partial charge is 0.435 e. The summed E-state index contributed by atoms with van der Waals surface area (Å²) in [5.74, 6) is 1.16. The number of furan rings is 1. The SMILES string of the molecule is CCc1ccc(OCc2ccc(C(=O)NCCCn3nc(C(F)(F)F)cc3C3CC3)o2)cc1. The molecular formula is C24H26F3N3O3. The van der Waals surface area contributed by atoms with Crippen molar-refractivity contribution in [3.63, 3.8) is 0 Å². The summed E-state index contributed by atoms with van der Waals surface area (Å²) in [6, 6.07) is 12.2. The number of carbonyl (C=O) groups excluding carboxylic acids is 1. The number of hydrogen-bond donors (Lipinski definition) is 1. The van der Waals surface area contributed by atoms with Gasteiger partial charge in [-0.25, -0.2) is 0 Å². The molecule has 1 aliphatic rings. The first kappa shape index (κ1) is 22.9. The van der Waals surface area contributed by atoms with E-state index in [1.54, 1.807) is 12.1 Å². The average molecular weight is 461 g/mol. The van der Waals surface area contributed by atoms with Crippen LogP contribution in [-0.4, -0.2) is 22.2 Å². The number of hydrogen-bond acceptors (Lipinski definition) is 4. The minimum Gasteiger partial charge on any atom is -0.486 e. The van der Waals surface area contributed by atoms with Crippen LogP contribution >= 0.6 is 0 Å². The Kier molecular flexibility index (Phi) is 6.76. The van der Waals surface area contributed by atoms with Gasteiger partial charge in [0.15, 0.2) is 11.5 Å². The normalized spacial score (nSPS) is 13.8. The molecule has 0 radical (unpaired) electrons. The summed E-state index contributed by atoms with van der Waals surface area (Å²) in [6.07, 6.45) is -1.28. The summed E-state index contributed by atoms with van der Waals surface area (Å²) in [4.78, 5) is 12.3. The number of nitrogens with one attached hydrogen (secondary N) is 1. The molecule has 1 saturated carbocycles. The summed E-state index contributed by atoms with van der Waals surface area (Å²) in [5, 5.41) is 6.46. The Labute approximate surface area is 189 Å². The van der Waals surface area contributed by atoms with Crippen molar-refractivity contribution in [3.05, 3.63) is 70.9 Å². The highest BCUT2D eigenvalue weighted by atomic mass is 19.4. The molecule has 9 heteroatoms. The molecule has 0 saturated heterocycles. The van der Waals surface area contributed by atoms with E-state index in [4.69, 9.17) is 9.15 Å². The summed E-state index contributed by atoms with van der Waals surface area (Å²) < 4.78 is 51.6. The van der Waals surface area contributed by atoms with E-state index < -0.39 is 11.9 Å². The largest absolute Gasteiger partial charge is 0.486 e. The van der Waals surface area contributed by atoms with E-state index in [0.717, 1.165) is 25.3 Å². The first-order chi connectivity index (χ1) is 15.8. The van der Waals surface area contributed by atoms with E-state index in [0.29, 0.717) is 36.7 Å². The Balaban J connectivity index is 1.23. The Hall–Kier alpha value is -3.23. The first-order valence-electron chi connectivity index (χ1n) is 11.1. The number of aromatic nitrogens is 2. The Bertz CT molecular complexity index is 1080. The van der Waals surface area contributed by atoms with Crippen LogP contribution in [0.1, 0.15) is 65.4 Å². The second-order valence-electron chi connectivity index (χ2n) is 8.11. The van der Waals surface area contributed by atoms with Gasteiger partial charge >= 0.3 is 6.18 Å². The highest BCUT2D eigenvalue weighted by molar-refractivity contribution is 5.91. The number of amides is 1. The van der Waals surface area contributed by atoms with Crippen molar-refractivity contribution in [2.45, 2.75) is 57.9 Å². The molecule has 176 valence electrons. The number of carbonyl (C=O) groups is 1. The zero-order chi connectivity index (χ0) is 23.4. The third-order valence-corrected chi connectivity index (χ3v) is 5.53. The number of benzene rings is 1. The molecule has 0 spiro atoms. The lowest BCUT2D eigenvalue weighted by molar-refractivity contribution is -0.141. The van der Waals surface area contributed by atoms with Crippen LogP contribution in [0.15, 0.2) is 46.9 Å². The number of alkyl halides is 3. The quantitative estimate of drug-likeness (QED) is 0.414. The van der Waals surface area contributed by atoms with Crippen LogP contribution in [0, 0.1) is 0 Å². The fourth-order valence-corrected chi connectivity index (χ4v) is 3.53. The fraction of sp³-hybridized carbons (Fsp3) is 0.417. The minimum absolute atomic E-state index is 0.150. The van der Waals surface area contributed by atoms with E-state index in [-0.39, 0.29) is 24.2 Å². The maximum absolute atomic E-state index is 13.0. The summed E-state index contributed by atoms with van der Waals surface area (Å²) in [7, 11) is 0. The van der Waals surface area contributed by atoms with Crippen LogP contribution in [0.5, 0.6) is 5.75 Å². The van der Waals surface area contributed by atoms with E-state index in [1.165, 1.54) is 10.2 Å². The molecule has 1 aliphatic carbocycles. The summed E-state index contributed by atoms with van der Waals surface area (Å²) in [6.45, 7) is 2.87. The van der Waals surface area contributed by atoms with E-state index in [1.807, 2.05) is 24.3 Å². The zero-order valence-corrected chi connectivity index (χ0v) is 18.3. The second kappa shape index (κ2) is 9.72. The highest BCUT2D eigenvalue weighted by Crippen LogP contribution is 2.42. The molecule has 0 unspecified atom stereocenters. The van der Waals surface area contributed by atoms with Gasteiger partial charge in [-0.2, -0.15) is 18.3 Å². The van der Waals surface area contributed by atoms with Gasteiger partial charge in [-0.05, 0) is 61.6 Å². The molecule has 0 bridgehead atoms. The molecule has 1 fully saturated rings. The molecule has 3 aromatic rings. The minimum atomic E-state index is -4.46. The average Bonchev–Trinajstić information content (AvgIpc) is 3.36. The van der Waals surface area contributed by atoms with Gasteiger partial charge in [0, 0.05) is 24.7 Å². The molecule has 1 aromatic carbocycles. The third kappa shape index (κ3) is 5.97. The number of halogens is 3. The van der Waals surface area contributed by atoms with Crippen LogP contribution in [0.2, 0.25) is 0 Å². The number of nitrogens with zero attached hydrogens (tertiary/aromatic N) is 2. The molecule has 0 aliphatic heterocycles. The van der Waals surface area contributed by atoms with Crippen molar-refractivity contribution in [3.8, 4) is 5.75 Å². The van der Waals surface area contributed by atoms with E-state index in [2.05, 4.69) is 17.3 Å². The molecule has 4 rings (SSSR count). The number of rotatable bonds is 10. The maximum Gasteiger partial charge on any atom is 0.435 e. The molecular weight excluding hydrogens is 435 g/mol. The van der Waals surface area contributed by atoms with Crippen LogP contribution in [0.3, 0.4) is 0 Å². The topological polar surface area (TPSA) is 69.3 Å². The van der Waals surface area contributed by atoms with Gasteiger partial charge in [-0.1, -0.05) is 19.1 Å². The van der Waals surface area contributed by atoms with Gasteiger partial charge in [-0.3, -0.25) is 9.48 Å². The Morgan fingerprint density at radius 2 is 1.97 bits per heavy atom. The number of ether oxygens (including phenoxy) is 1. The molecule has 6 nitrogen and oxygen atoms in total. The lowest BCUT2D eigenvalue weighted by Crippen LogP contribution is -2.25. The van der Waals surface area contributed by atoms with Crippen molar-refractivity contribution >= 4 is 5.91 Å². The van der Waals surface area contributed by atoms with Crippen LogP contribution in [0.4, 0.5) is 13.2 Å². The van der Waals surface area contributed by atoms with Gasteiger partial charge in [-0.15, -0.1) is 0 Å². The summed E-state index contributed by atoms with van der Waals surface area (Å²) >= 11 is 0. The van der Waals surface area contributed by atoms with Crippen molar-refractivity contribution in [1.82, 2.24) is 15.1 Å². The van der Waals surface area contributed by atoms with Gasteiger partial charge in [0.25, 0.3) is 5.91 Å². The zero-order valence-electron chi connectivity index (χ0n) is 18.3. The Morgan fingerprint density at radius 3 is 2.64 bits per heavy atom. The lowest BCUT2D eigenvalue weighted by Gasteiger charge is -2.07. The van der Waals surface area contributed by atoms with Gasteiger partial charge in [0.05, 0.1) is 0 Å². The Morgan fingerprint density at radius 1 is 1.21 bits per heavy atom.